The van der Waals surface area contributed by atoms with E-state index in [1.807, 2.05) is 11.6 Å². The Hall–Kier alpha value is -1.16. The van der Waals surface area contributed by atoms with Crippen molar-refractivity contribution in [2.75, 3.05) is 0 Å². The predicted octanol–water partition coefficient (Wildman–Crippen LogP) is 3.78. The van der Waals surface area contributed by atoms with E-state index in [9.17, 15) is 0 Å². The van der Waals surface area contributed by atoms with Gasteiger partial charge in [-0.1, -0.05) is 27.7 Å². The fraction of sp³-hybridized carbons (Fsp3) is 0.538. The Morgan fingerprint density at radius 1 is 1.12 bits per heavy atom. The molecule has 0 saturated heterocycles. The molecule has 0 bridgehead atoms. The molecule has 3 nitrogen and oxygen atoms in total. The van der Waals surface area contributed by atoms with E-state index < -0.39 is 0 Å². The third kappa shape index (κ3) is 2.57. The number of oxazole rings is 1. The molecule has 2 rings (SSSR count). The molecule has 17 heavy (non-hydrogen) atoms. The molecule has 0 N–H and O–H groups in total. The summed E-state index contributed by atoms with van der Waals surface area (Å²) in [7, 11) is 0. The van der Waals surface area contributed by atoms with Crippen molar-refractivity contribution in [2.45, 2.75) is 44.9 Å². The summed E-state index contributed by atoms with van der Waals surface area (Å²) in [5, 5.41) is 3.19. The van der Waals surface area contributed by atoms with Gasteiger partial charge in [-0.15, -0.1) is 11.3 Å². The minimum Gasteiger partial charge on any atom is -0.448 e. The van der Waals surface area contributed by atoms with Crippen LogP contribution in [0, 0.1) is 0 Å². The van der Waals surface area contributed by atoms with Crippen molar-refractivity contribution in [1.82, 2.24) is 9.97 Å². The van der Waals surface area contributed by atoms with Gasteiger partial charge in [-0.25, -0.2) is 9.97 Å². The quantitative estimate of drug-likeness (QED) is 0.829. The predicted molar refractivity (Wildman–Crippen MR) is 69.3 cm³/mol. The zero-order valence-corrected chi connectivity index (χ0v) is 11.5. The van der Waals surface area contributed by atoms with Gasteiger partial charge in [0, 0.05) is 22.4 Å². The van der Waals surface area contributed by atoms with Crippen LogP contribution in [0.5, 0.6) is 0 Å². The number of rotatable bonds is 4. The summed E-state index contributed by atoms with van der Waals surface area (Å²) in [6, 6.07) is 0. The maximum Gasteiger partial charge on any atom is 0.199 e. The molecule has 2 heterocycles. The highest BCUT2D eigenvalue weighted by Crippen LogP contribution is 2.38. The van der Waals surface area contributed by atoms with E-state index in [0.717, 1.165) is 17.3 Å². The van der Waals surface area contributed by atoms with Gasteiger partial charge in [-0.2, -0.15) is 0 Å². The maximum absolute atomic E-state index is 5.43. The highest BCUT2D eigenvalue weighted by molar-refractivity contribution is 7.09. The number of hydrogen-bond acceptors (Lipinski definition) is 4. The number of thiazole rings is 1. The molecule has 0 atom stereocenters. The minimum absolute atomic E-state index is 0.0339. The molecule has 4 heteroatoms. The number of nitrogens with zero attached hydrogens (tertiary/aromatic N) is 2. The van der Waals surface area contributed by atoms with Crippen LogP contribution < -0.4 is 0 Å². The van der Waals surface area contributed by atoms with Crippen LogP contribution in [-0.4, -0.2) is 9.97 Å². The van der Waals surface area contributed by atoms with Crippen LogP contribution in [0.2, 0.25) is 0 Å². The largest absolute Gasteiger partial charge is 0.448 e. The molecule has 0 radical (unpaired) electrons. The maximum atomic E-state index is 5.43. The molecule has 0 spiro atoms. The van der Waals surface area contributed by atoms with Gasteiger partial charge in [0.05, 0.1) is 11.2 Å². The second kappa shape index (κ2) is 4.26. The Morgan fingerprint density at radius 3 is 2.41 bits per heavy atom. The van der Waals surface area contributed by atoms with E-state index >= 15 is 0 Å². The average Bonchev–Trinajstić information content (AvgIpc) is 2.91. The third-order valence-electron chi connectivity index (χ3n) is 2.91. The Morgan fingerprint density at radius 2 is 1.88 bits per heavy atom. The standard InChI is InChI=1S/C13H18N2OS/c1-12(2,10-14-5-7-16-10)9-13(3,4)11-15-6-8-17-11/h5-8H,9H2,1-4H3. The van der Waals surface area contributed by atoms with Crippen LogP contribution in [0.1, 0.15) is 45.0 Å². The summed E-state index contributed by atoms with van der Waals surface area (Å²) in [6.07, 6.45) is 6.15. The van der Waals surface area contributed by atoms with Crippen LogP contribution in [0.25, 0.3) is 0 Å². The van der Waals surface area contributed by atoms with Crippen molar-refractivity contribution in [1.29, 1.82) is 0 Å². The first-order chi connectivity index (χ1) is 7.92. The van der Waals surface area contributed by atoms with Crippen molar-refractivity contribution in [3.05, 3.63) is 34.9 Å². The topological polar surface area (TPSA) is 38.9 Å². The Labute approximate surface area is 106 Å². The molecule has 0 aromatic carbocycles. The first-order valence-corrected chi connectivity index (χ1v) is 6.60. The van der Waals surface area contributed by atoms with Crippen molar-refractivity contribution in [2.24, 2.45) is 0 Å². The van der Waals surface area contributed by atoms with Gasteiger partial charge in [0.15, 0.2) is 5.89 Å². The summed E-state index contributed by atoms with van der Waals surface area (Å²) in [5.74, 6) is 0.794. The molecular formula is C13H18N2OS. The molecule has 2 aromatic rings. The average molecular weight is 250 g/mol. The Balaban J connectivity index is 2.21. The highest BCUT2D eigenvalue weighted by Gasteiger charge is 2.35. The molecule has 0 fully saturated rings. The smallest absolute Gasteiger partial charge is 0.199 e. The van der Waals surface area contributed by atoms with Crippen LogP contribution in [0.4, 0.5) is 0 Å². The summed E-state index contributed by atoms with van der Waals surface area (Å²) in [5.41, 5.74) is -0.0508. The normalized spacial score (nSPS) is 12.9. The zero-order valence-electron chi connectivity index (χ0n) is 10.7. The first-order valence-electron chi connectivity index (χ1n) is 5.72. The molecule has 0 amide bonds. The van der Waals surface area contributed by atoms with E-state index in [4.69, 9.17) is 4.42 Å². The van der Waals surface area contributed by atoms with Crippen molar-refractivity contribution in [3.63, 3.8) is 0 Å². The molecule has 0 aliphatic carbocycles. The number of hydrogen-bond donors (Lipinski definition) is 0. The SMILES string of the molecule is CC(C)(CC(C)(C)c1nccs1)c1ncco1. The van der Waals surface area contributed by atoms with E-state index in [0.29, 0.717) is 0 Å². The molecule has 0 aliphatic heterocycles. The lowest BCUT2D eigenvalue weighted by molar-refractivity contribution is 0.287. The summed E-state index contributed by atoms with van der Waals surface area (Å²) >= 11 is 1.71. The fourth-order valence-electron chi connectivity index (χ4n) is 2.37. The Bertz CT molecular complexity index is 413. The summed E-state index contributed by atoms with van der Waals surface area (Å²) in [6.45, 7) is 8.76. The van der Waals surface area contributed by atoms with Crippen LogP contribution in [0.3, 0.4) is 0 Å². The molecular weight excluding hydrogens is 232 g/mol. The molecule has 0 saturated carbocycles. The molecule has 2 aromatic heterocycles. The first kappa shape index (κ1) is 12.3. The van der Waals surface area contributed by atoms with Crippen molar-refractivity contribution in [3.8, 4) is 0 Å². The van der Waals surface area contributed by atoms with Crippen LogP contribution in [0.15, 0.2) is 28.5 Å². The molecule has 0 unspecified atom stereocenters. The summed E-state index contributed by atoms with van der Waals surface area (Å²) in [4.78, 5) is 8.69. The monoisotopic (exact) mass is 250 g/mol. The van der Waals surface area contributed by atoms with Crippen LogP contribution in [-0.2, 0) is 10.8 Å². The summed E-state index contributed by atoms with van der Waals surface area (Å²) < 4.78 is 5.43. The highest BCUT2D eigenvalue weighted by atomic mass is 32.1. The second-order valence-corrected chi connectivity index (χ2v) is 6.51. The van der Waals surface area contributed by atoms with Crippen molar-refractivity contribution >= 4 is 11.3 Å². The van der Waals surface area contributed by atoms with Gasteiger partial charge in [0.25, 0.3) is 0 Å². The van der Waals surface area contributed by atoms with Gasteiger partial charge in [-0.3, -0.25) is 0 Å². The lowest BCUT2D eigenvalue weighted by Gasteiger charge is -2.31. The lowest BCUT2D eigenvalue weighted by Crippen LogP contribution is -2.30. The van der Waals surface area contributed by atoms with Crippen molar-refractivity contribution < 1.29 is 4.42 Å². The second-order valence-electron chi connectivity index (χ2n) is 5.62. The lowest BCUT2D eigenvalue weighted by atomic mass is 9.75. The van der Waals surface area contributed by atoms with Gasteiger partial charge in [0.2, 0.25) is 0 Å². The zero-order chi connectivity index (χ0) is 12.5. The van der Waals surface area contributed by atoms with Gasteiger partial charge >= 0.3 is 0 Å². The van der Waals surface area contributed by atoms with E-state index in [1.54, 1.807) is 23.8 Å². The third-order valence-corrected chi connectivity index (χ3v) is 4.05. The molecule has 92 valence electrons. The minimum atomic E-state index is -0.0847. The van der Waals surface area contributed by atoms with E-state index in [-0.39, 0.29) is 10.8 Å². The van der Waals surface area contributed by atoms with E-state index in [2.05, 4.69) is 37.7 Å². The van der Waals surface area contributed by atoms with Gasteiger partial charge in [-0.05, 0) is 6.42 Å². The number of aromatic nitrogens is 2. The van der Waals surface area contributed by atoms with E-state index in [1.165, 1.54) is 0 Å². The van der Waals surface area contributed by atoms with Crippen LogP contribution >= 0.6 is 11.3 Å². The van der Waals surface area contributed by atoms with Gasteiger partial charge < -0.3 is 4.42 Å². The molecule has 0 aliphatic rings. The van der Waals surface area contributed by atoms with Gasteiger partial charge in [0.1, 0.15) is 6.26 Å². The Kier molecular flexibility index (Phi) is 3.08. The fourth-order valence-corrected chi connectivity index (χ4v) is 3.14.